The van der Waals surface area contributed by atoms with E-state index in [9.17, 15) is 0 Å². The van der Waals surface area contributed by atoms with Crippen molar-refractivity contribution in [3.05, 3.63) is 23.8 Å². The average Bonchev–Trinajstić information content (AvgIpc) is 2.62. The van der Waals surface area contributed by atoms with Gasteiger partial charge in [-0.3, -0.25) is 9.80 Å². The Labute approximate surface area is 145 Å². The second-order valence-corrected chi connectivity index (χ2v) is 7.06. The number of hydrogen-bond acceptors (Lipinski definition) is 6. The molecule has 2 saturated heterocycles. The van der Waals surface area contributed by atoms with Gasteiger partial charge in [-0.2, -0.15) is 0 Å². The Bertz CT molecular complexity index is 494. The molecule has 0 spiro atoms. The summed E-state index contributed by atoms with van der Waals surface area (Å²) in [5.41, 5.74) is 0.882. The summed E-state index contributed by atoms with van der Waals surface area (Å²) in [4.78, 5) is 14.1. The van der Waals surface area contributed by atoms with Crippen LogP contribution in [0.2, 0.25) is 0 Å². The molecule has 6 heteroatoms. The lowest BCUT2D eigenvalue weighted by atomic mass is 9.95. The molecule has 3 heterocycles. The monoisotopic (exact) mass is 334 g/mol. The highest BCUT2D eigenvalue weighted by Gasteiger charge is 2.32. The molecule has 6 nitrogen and oxygen atoms in total. The molecular formula is C18H30N4O2. The molecule has 0 bridgehead atoms. The van der Waals surface area contributed by atoms with Crippen LogP contribution in [0.25, 0.3) is 0 Å². The number of piperazine rings is 1. The van der Waals surface area contributed by atoms with E-state index in [0.717, 1.165) is 71.1 Å². The number of rotatable bonds is 6. The van der Waals surface area contributed by atoms with Crippen LogP contribution in [0.5, 0.6) is 0 Å². The van der Waals surface area contributed by atoms with Crippen molar-refractivity contribution < 1.29 is 9.47 Å². The highest BCUT2D eigenvalue weighted by atomic mass is 16.5. The van der Waals surface area contributed by atoms with Crippen molar-refractivity contribution in [1.82, 2.24) is 19.8 Å². The fraction of sp³-hybridized carbons (Fsp3) is 0.778. The van der Waals surface area contributed by atoms with Gasteiger partial charge < -0.3 is 9.47 Å². The van der Waals surface area contributed by atoms with Gasteiger partial charge in [0.05, 0.1) is 6.61 Å². The van der Waals surface area contributed by atoms with E-state index in [2.05, 4.69) is 26.7 Å². The third-order valence-electron chi connectivity index (χ3n) is 5.13. The van der Waals surface area contributed by atoms with Crippen molar-refractivity contribution in [2.24, 2.45) is 0 Å². The zero-order valence-corrected chi connectivity index (χ0v) is 15.0. The summed E-state index contributed by atoms with van der Waals surface area (Å²) in [5.74, 6) is 0.829. The molecule has 0 N–H and O–H groups in total. The SMILES string of the molecule is COCCN1CCN(Cc2cnc([C@@]3(C)CCCCO3)nc2)CC1. The first kappa shape index (κ1) is 17.7. The van der Waals surface area contributed by atoms with Crippen molar-refractivity contribution in [2.45, 2.75) is 38.3 Å². The Hall–Kier alpha value is -1.08. The van der Waals surface area contributed by atoms with Gasteiger partial charge in [0.2, 0.25) is 0 Å². The highest BCUT2D eigenvalue weighted by molar-refractivity contribution is 5.09. The minimum Gasteiger partial charge on any atom is -0.383 e. The molecule has 1 aromatic heterocycles. The largest absolute Gasteiger partial charge is 0.383 e. The Morgan fingerprint density at radius 3 is 2.46 bits per heavy atom. The first-order valence-corrected chi connectivity index (χ1v) is 9.09. The Morgan fingerprint density at radius 2 is 1.83 bits per heavy atom. The van der Waals surface area contributed by atoms with E-state index in [-0.39, 0.29) is 5.60 Å². The van der Waals surface area contributed by atoms with E-state index in [0.29, 0.717) is 0 Å². The van der Waals surface area contributed by atoms with Crippen molar-refractivity contribution in [3.8, 4) is 0 Å². The Morgan fingerprint density at radius 1 is 1.12 bits per heavy atom. The molecule has 1 aromatic rings. The van der Waals surface area contributed by atoms with Crippen molar-refractivity contribution in [2.75, 3.05) is 53.0 Å². The maximum Gasteiger partial charge on any atom is 0.159 e. The summed E-state index contributed by atoms with van der Waals surface area (Å²) < 4.78 is 11.1. The summed E-state index contributed by atoms with van der Waals surface area (Å²) >= 11 is 0. The standard InChI is InChI=1S/C18H30N4O2/c1-18(5-3-4-11-24-18)17-19-13-16(14-20-17)15-22-8-6-21(7-9-22)10-12-23-2/h13-14H,3-12,15H2,1-2H3/t18-/m1/s1. The maximum atomic E-state index is 5.93. The normalized spacial score (nSPS) is 26.6. The van der Waals surface area contributed by atoms with E-state index < -0.39 is 0 Å². The van der Waals surface area contributed by atoms with Crippen molar-refractivity contribution >= 4 is 0 Å². The molecular weight excluding hydrogens is 304 g/mol. The lowest BCUT2D eigenvalue weighted by Crippen LogP contribution is -2.46. The maximum absolute atomic E-state index is 5.93. The first-order chi connectivity index (χ1) is 11.7. The minimum absolute atomic E-state index is 0.302. The summed E-state index contributed by atoms with van der Waals surface area (Å²) in [7, 11) is 1.76. The number of ether oxygens (including phenoxy) is 2. The van der Waals surface area contributed by atoms with E-state index in [4.69, 9.17) is 9.47 Å². The van der Waals surface area contributed by atoms with E-state index in [1.807, 2.05) is 12.4 Å². The van der Waals surface area contributed by atoms with Gasteiger partial charge >= 0.3 is 0 Å². The van der Waals surface area contributed by atoms with E-state index in [1.54, 1.807) is 7.11 Å². The van der Waals surface area contributed by atoms with E-state index in [1.165, 1.54) is 12.0 Å². The summed E-state index contributed by atoms with van der Waals surface area (Å²) in [6, 6.07) is 0. The van der Waals surface area contributed by atoms with Gasteiger partial charge in [-0.05, 0) is 26.2 Å². The van der Waals surface area contributed by atoms with Gasteiger partial charge in [0, 0.05) is 70.9 Å². The molecule has 134 valence electrons. The van der Waals surface area contributed by atoms with Gasteiger partial charge in [0.25, 0.3) is 0 Å². The third kappa shape index (κ3) is 4.51. The third-order valence-corrected chi connectivity index (χ3v) is 5.13. The van der Waals surface area contributed by atoms with Crippen LogP contribution < -0.4 is 0 Å². The summed E-state index contributed by atoms with van der Waals surface area (Å²) in [6.45, 7) is 10.1. The molecule has 2 aliphatic heterocycles. The molecule has 3 rings (SSSR count). The molecule has 0 radical (unpaired) electrons. The van der Waals surface area contributed by atoms with Gasteiger partial charge in [-0.15, -0.1) is 0 Å². The molecule has 0 aliphatic carbocycles. The van der Waals surface area contributed by atoms with Crippen LogP contribution in [0, 0.1) is 0 Å². The van der Waals surface area contributed by atoms with Crippen LogP contribution in [0.1, 0.15) is 37.6 Å². The molecule has 0 amide bonds. The molecule has 1 atom stereocenters. The van der Waals surface area contributed by atoms with E-state index >= 15 is 0 Å². The molecule has 0 saturated carbocycles. The van der Waals surface area contributed by atoms with Crippen LogP contribution in [0.15, 0.2) is 12.4 Å². The summed E-state index contributed by atoms with van der Waals surface area (Å²) in [5, 5.41) is 0. The smallest absolute Gasteiger partial charge is 0.159 e. The van der Waals surface area contributed by atoms with Crippen molar-refractivity contribution in [1.29, 1.82) is 0 Å². The molecule has 2 aliphatic rings. The van der Waals surface area contributed by atoms with Gasteiger partial charge in [0.1, 0.15) is 5.60 Å². The quantitative estimate of drug-likeness (QED) is 0.789. The second-order valence-electron chi connectivity index (χ2n) is 7.06. The van der Waals surface area contributed by atoms with Crippen LogP contribution in [-0.2, 0) is 21.6 Å². The zero-order valence-electron chi connectivity index (χ0n) is 15.0. The van der Waals surface area contributed by atoms with Crippen LogP contribution in [0.3, 0.4) is 0 Å². The number of methoxy groups -OCH3 is 1. The average molecular weight is 334 g/mol. The fourth-order valence-electron chi connectivity index (χ4n) is 3.47. The number of aromatic nitrogens is 2. The van der Waals surface area contributed by atoms with Gasteiger partial charge in [-0.1, -0.05) is 0 Å². The zero-order chi connectivity index (χ0) is 16.8. The molecule has 0 aromatic carbocycles. The summed E-state index contributed by atoms with van der Waals surface area (Å²) in [6.07, 6.45) is 7.29. The number of hydrogen-bond donors (Lipinski definition) is 0. The molecule has 24 heavy (non-hydrogen) atoms. The van der Waals surface area contributed by atoms with Gasteiger partial charge in [-0.25, -0.2) is 9.97 Å². The van der Waals surface area contributed by atoms with Crippen LogP contribution in [-0.4, -0.2) is 72.8 Å². The second kappa shape index (κ2) is 8.34. The lowest BCUT2D eigenvalue weighted by molar-refractivity contribution is -0.0761. The predicted molar refractivity (Wildman–Crippen MR) is 92.8 cm³/mol. The lowest BCUT2D eigenvalue weighted by Gasteiger charge is -2.34. The molecule has 0 unspecified atom stereocenters. The Balaban J connectivity index is 1.50. The van der Waals surface area contributed by atoms with Gasteiger partial charge in [0.15, 0.2) is 5.82 Å². The topological polar surface area (TPSA) is 50.7 Å². The van der Waals surface area contributed by atoms with Crippen LogP contribution >= 0.6 is 0 Å². The van der Waals surface area contributed by atoms with Crippen molar-refractivity contribution in [3.63, 3.8) is 0 Å². The fourth-order valence-corrected chi connectivity index (χ4v) is 3.47. The predicted octanol–water partition coefficient (Wildman–Crippen LogP) is 1.66. The highest BCUT2D eigenvalue weighted by Crippen LogP contribution is 2.32. The Kier molecular flexibility index (Phi) is 6.16. The number of nitrogens with zero attached hydrogens (tertiary/aromatic N) is 4. The minimum atomic E-state index is -0.302. The van der Waals surface area contributed by atoms with Crippen LogP contribution in [0.4, 0.5) is 0 Å². The first-order valence-electron chi connectivity index (χ1n) is 9.09. The molecule has 2 fully saturated rings.